The Morgan fingerprint density at radius 3 is 3.16 bits per heavy atom. The zero-order chi connectivity index (χ0) is 13.1. The molecule has 0 amide bonds. The van der Waals surface area contributed by atoms with Gasteiger partial charge in [-0.05, 0) is 29.8 Å². The van der Waals surface area contributed by atoms with Crippen LogP contribution in [0.25, 0.3) is 0 Å². The Morgan fingerprint density at radius 1 is 1.37 bits per heavy atom. The van der Waals surface area contributed by atoms with Crippen LogP contribution in [0.2, 0.25) is 0 Å². The van der Waals surface area contributed by atoms with Crippen molar-refractivity contribution < 1.29 is 14.3 Å². The highest BCUT2D eigenvalue weighted by Gasteiger charge is 2.15. The molecule has 1 aliphatic heterocycles. The van der Waals surface area contributed by atoms with Crippen molar-refractivity contribution in [3.63, 3.8) is 0 Å². The first-order valence-electron chi connectivity index (χ1n) is 6.15. The van der Waals surface area contributed by atoms with Gasteiger partial charge in [-0.25, -0.2) is 4.79 Å². The van der Waals surface area contributed by atoms with Crippen LogP contribution in [-0.4, -0.2) is 17.6 Å². The summed E-state index contributed by atoms with van der Waals surface area (Å²) in [5.74, 6) is 0.544. The number of nitrogens with zero attached hydrogens (tertiary/aromatic N) is 1. The van der Waals surface area contributed by atoms with Gasteiger partial charge >= 0.3 is 5.97 Å². The standard InChI is InChI=1S/C15H13NO3/c17-15(19-10-11-2-1-6-16-9-11)13-3-4-14-12(8-13)5-7-18-14/h1-4,6,8-9H,5,7,10H2. The van der Waals surface area contributed by atoms with E-state index in [9.17, 15) is 4.79 Å². The van der Waals surface area contributed by atoms with Crippen molar-refractivity contribution in [3.8, 4) is 5.75 Å². The maximum Gasteiger partial charge on any atom is 0.338 e. The van der Waals surface area contributed by atoms with Gasteiger partial charge in [-0.15, -0.1) is 0 Å². The average molecular weight is 255 g/mol. The Bertz CT molecular complexity index is 596. The minimum atomic E-state index is -0.321. The molecule has 0 aliphatic carbocycles. The minimum Gasteiger partial charge on any atom is -0.493 e. The molecular weight excluding hydrogens is 242 g/mol. The summed E-state index contributed by atoms with van der Waals surface area (Å²) in [5.41, 5.74) is 2.50. The molecule has 2 aromatic rings. The molecule has 0 saturated carbocycles. The van der Waals surface area contributed by atoms with Gasteiger partial charge in [0.1, 0.15) is 12.4 Å². The van der Waals surface area contributed by atoms with Crippen LogP contribution < -0.4 is 4.74 Å². The number of hydrogen-bond donors (Lipinski definition) is 0. The van der Waals surface area contributed by atoms with E-state index in [4.69, 9.17) is 9.47 Å². The number of fused-ring (bicyclic) bond motifs is 1. The largest absolute Gasteiger partial charge is 0.493 e. The van der Waals surface area contributed by atoms with Crippen molar-refractivity contribution in [1.29, 1.82) is 0 Å². The molecule has 96 valence electrons. The Morgan fingerprint density at radius 2 is 2.32 bits per heavy atom. The molecule has 0 N–H and O–H groups in total. The second-order valence-electron chi connectivity index (χ2n) is 4.36. The fraction of sp³-hybridized carbons (Fsp3) is 0.200. The molecule has 4 nitrogen and oxygen atoms in total. The Balaban J connectivity index is 1.67. The Labute approximate surface area is 111 Å². The fourth-order valence-electron chi connectivity index (χ4n) is 2.03. The molecule has 0 unspecified atom stereocenters. The highest BCUT2D eigenvalue weighted by molar-refractivity contribution is 5.89. The van der Waals surface area contributed by atoms with Crippen LogP contribution in [0.4, 0.5) is 0 Å². The third-order valence-electron chi connectivity index (χ3n) is 3.02. The summed E-state index contributed by atoms with van der Waals surface area (Å²) < 4.78 is 10.7. The highest BCUT2D eigenvalue weighted by atomic mass is 16.5. The summed E-state index contributed by atoms with van der Waals surface area (Å²) in [5, 5.41) is 0. The van der Waals surface area contributed by atoms with Gasteiger partial charge in [0.05, 0.1) is 12.2 Å². The van der Waals surface area contributed by atoms with E-state index in [1.807, 2.05) is 24.3 Å². The van der Waals surface area contributed by atoms with Crippen LogP contribution in [0, 0.1) is 0 Å². The van der Waals surface area contributed by atoms with Crippen molar-refractivity contribution in [2.75, 3.05) is 6.61 Å². The van der Waals surface area contributed by atoms with Crippen LogP contribution >= 0.6 is 0 Å². The van der Waals surface area contributed by atoms with Crippen molar-refractivity contribution in [2.45, 2.75) is 13.0 Å². The maximum absolute atomic E-state index is 11.9. The van der Waals surface area contributed by atoms with Crippen molar-refractivity contribution in [1.82, 2.24) is 4.98 Å². The molecule has 0 saturated heterocycles. The van der Waals surface area contributed by atoms with E-state index >= 15 is 0 Å². The van der Waals surface area contributed by atoms with Crippen molar-refractivity contribution >= 4 is 5.97 Å². The number of aromatic nitrogens is 1. The second-order valence-corrected chi connectivity index (χ2v) is 4.36. The van der Waals surface area contributed by atoms with Gasteiger partial charge in [0.25, 0.3) is 0 Å². The molecule has 1 aromatic carbocycles. The summed E-state index contributed by atoms with van der Waals surface area (Å²) in [6.07, 6.45) is 4.22. The molecule has 0 atom stereocenters. The molecule has 0 fully saturated rings. The number of carbonyl (C=O) groups excluding carboxylic acids is 1. The normalized spacial score (nSPS) is 12.6. The van der Waals surface area contributed by atoms with Gasteiger partial charge in [0, 0.05) is 24.4 Å². The molecule has 19 heavy (non-hydrogen) atoms. The van der Waals surface area contributed by atoms with E-state index in [1.165, 1.54) is 0 Å². The summed E-state index contributed by atoms with van der Waals surface area (Å²) in [6.45, 7) is 0.920. The van der Waals surface area contributed by atoms with Gasteiger partial charge in [0.2, 0.25) is 0 Å². The molecule has 2 heterocycles. The number of esters is 1. The Kier molecular flexibility index (Phi) is 3.14. The summed E-state index contributed by atoms with van der Waals surface area (Å²) in [7, 11) is 0. The first-order valence-corrected chi connectivity index (χ1v) is 6.15. The predicted molar refractivity (Wildman–Crippen MR) is 69.0 cm³/mol. The quantitative estimate of drug-likeness (QED) is 0.790. The van der Waals surface area contributed by atoms with Gasteiger partial charge in [-0.3, -0.25) is 4.98 Å². The van der Waals surface area contributed by atoms with Crippen LogP contribution in [0.5, 0.6) is 5.75 Å². The SMILES string of the molecule is O=C(OCc1cccnc1)c1ccc2c(c1)CCO2. The van der Waals surface area contributed by atoms with E-state index < -0.39 is 0 Å². The molecule has 1 aliphatic rings. The third kappa shape index (κ3) is 2.57. The monoisotopic (exact) mass is 255 g/mol. The van der Waals surface area contributed by atoms with Gasteiger partial charge in [-0.1, -0.05) is 6.07 Å². The zero-order valence-corrected chi connectivity index (χ0v) is 10.3. The van der Waals surface area contributed by atoms with E-state index in [0.717, 1.165) is 23.3 Å². The number of carbonyl (C=O) groups is 1. The second kappa shape index (κ2) is 5.10. The number of hydrogen-bond acceptors (Lipinski definition) is 4. The molecule has 3 rings (SSSR count). The lowest BCUT2D eigenvalue weighted by molar-refractivity contribution is 0.0472. The van der Waals surface area contributed by atoms with Crippen LogP contribution in [0.3, 0.4) is 0 Å². The zero-order valence-electron chi connectivity index (χ0n) is 10.3. The lowest BCUT2D eigenvalue weighted by atomic mass is 10.1. The molecule has 0 bridgehead atoms. The lowest BCUT2D eigenvalue weighted by Gasteiger charge is -2.06. The minimum absolute atomic E-state index is 0.236. The lowest BCUT2D eigenvalue weighted by Crippen LogP contribution is -2.05. The Hall–Kier alpha value is -2.36. The van der Waals surface area contributed by atoms with E-state index in [-0.39, 0.29) is 12.6 Å². The average Bonchev–Trinajstić information content (AvgIpc) is 2.93. The maximum atomic E-state index is 11.9. The summed E-state index contributed by atoms with van der Waals surface area (Å²) in [6, 6.07) is 9.08. The topological polar surface area (TPSA) is 48.4 Å². The fourth-order valence-corrected chi connectivity index (χ4v) is 2.03. The van der Waals surface area contributed by atoms with Crippen molar-refractivity contribution in [3.05, 3.63) is 59.4 Å². The number of rotatable bonds is 3. The smallest absolute Gasteiger partial charge is 0.338 e. The highest BCUT2D eigenvalue weighted by Crippen LogP contribution is 2.26. The van der Waals surface area contributed by atoms with Gasteiger partial charge in [0.15, 0.2) is 0 Å². The van der Waals surface area contributed by atoms with Gasteiger partial charge < -0.3 is 9.47 Å². The van der Waals surface area contributed by atoms with Crippen LogP contribution in [0.1, 0.15) is 21.5 Å². The van der Waals surface area contributed by atoms with Crippen LogP contribution in [0.15, 0.2) is 42.7 Å². The molecule has 4 heteroatoms. The third-order valence-corrected chi connectivity index (χ3v) is 3.02. The summed E-state index contributed by atoms with van der Waals surface area (Å²) in [4.78, 5) is 15.9. The van der Waals surface area contributed by atoms with Crippen LogP contribution in [-0.2, 0) is 17.8 Å². The van der Waals surface area contributed by atoms with E-state index in [1.54, 1.807) is 18.5 Å². The predicted octanol–water partition coefficient (Wildman–Crippen LogP) is 2.37. The number of ether oxygens (including phenoxy) is 2. The number of benzene rings is 1. The first kappa shape index (κ1) is 11.7. The summed E-state index contributed by atoms with van der Waals surface area (Å²) >= 11 is 0. The van der Waals surface area contributed by atoms with Crippen molar-refractivity contribution in [2.24, 2.45) is 0 Å². The van der Waals surface area contributed by atoms with Gasteiger partial charge in [-0.2, -0.15) is 0 Å². The van der Waals surface area contributed by atoms with E-state index in [2.05, 4.69) is 4.98 Å². The molecule has 0 spiro atoms. The van der Waals surface area contributed by atoms with E-state index in [0.29, 0.717) is 12.2 Å². The number of pyridine rings is 1. The first-order chi connectivity index (χ1) is 9.33. The molecular formula is C15H13NO3. The molecule has 0 radical (unpaired) electrons. The molecule has 1 aromatic heterocycles.